The van der Waals surface area contributed by atoms with Crippen molar-refractivity contribution in [2.75, 3.05) is 0 Å². The van der Waals surface area contributed by atoms with Gasteiger partial charge in [-0.05, 0) is 36.8 Å². The molecule has 0 saturated carbocycles. The van der Waals surface area contributed by atoms with E-state index in [1.807, 2.05) is 30.3 Å². The van der Waals surface area contributed by atoms with E-state index in [-0.39, 0.29) is 23.8 Å². The Morgan fingerprint density at radius 1 is 0.923 bits per heavy atom. The minimum atomic E-state index is -3.76. The van der Waals surface area contributed by atoms with Gasteiger partial charge in [0, 0.05) is 12.1 Å². The van der Waals surface area contributed by atoms with Crippen molar-refractivity contribution in [3.05, 3.63) is 89.9 Å². The highest BCUT2D eigenvalue weighted by atomic mass is 32.2. The van der Waals surface area contributed by atoms with Crippen molar-refractivity contribution in [2.45, 2.75) is 24.9 Å². The maximum absolute atomic E-state index is 13.1. The summed E-state index contributed by atoms with van der Waals surface area (Å²) in [6.45, 7) is 1.79. The van der Waals surface area contributed by atoms with Gasteiger partial charge in [0.15, 0.2) is 5.78 Å². The summed E-state index contributed by atoms with van der Waals surface area (Å²) in [5, 5.41) is 0. The molecule has 0 fully saturated rings. The lowest BCUT2D eigenvalue weighted by Gasteiger charge is -2.21. The Kier molecular flexibility index (Phi) is 5.35. The summed E-state index contributed by atoms with van der Waals surface area (Å²) in [6.07, 6.45) is 1.52. The second kappa shape index (κ2) is 7.68. The third-order valence-electron chi connectivity index (χ3n) is 4.01. The lowest BCUT2D eigenvalue weighted by molar-refractivity contribution is 0.101. The van der Waals surface area contributed by atoms with Crippen LogP contribution in [-0.2, 0) is 23.1 Å². The van der Waals surface area contributed by atoms with Gasteiger partial charge >= 0.3 is 0 Å². The first kappa shape index (κ1) is 18.1. The zero-order valence-corrected chi connectivity index (χ0v) is 15.1. The van der Waals surface area contributed by atoms with Gasteiger partial charge in [0.05, 0.1) is 17.7 Å². The van der Waals surface area contributed by atoms with Gasteiger partial charge in [0.25, 0.3) is 0 Å². The fraction of sp³-hybridized carbons (Fsp3) is 0.150. The number of Topliss-reactive ketones (excluding diaryl/α,β-unsaturated/α-hetero) is 1. The highest BCUT2D eigenvalue weighted by Gasteiger charge is 2.26. The molecule has 0 N–H and O–H groups in total. The number of rotatable bonds is 7. The van der Waals surface area contributed by atoms with E-state index in [2.05, 4.69) is 0 Å². The molecule has 1 aromatic heterocycles. The van der Waals surface area contributed by atoms with E-state index in [4.69, 9.17) is 4.42 Å². The molecule has 3 rings (SSSR count). The average molecular weight is 369 g/mol. The first-order valence-corrected chi connectivity index (χ1v) is 9.58. The Bertz CT molecular complexity index is 962. The van der Waals surface area contributed by atoms with Crippen LogP contribution in [0, 0.1) is 0 Å². The maximum atomic E-state index is 13.1. The molecule has 0 unspecified atom stereocenters. The van der Waals surface area contributed by atoms with Crippen molar-refractivity contribution in [3.8, 4) is 0 Å². The number of hydrogen-bond acceptors (Lipinski definition) is 4. The minimum Gasteiger partial charge on any atom is -0.468 e. The van der Waals surface area contributed by atoms with E-state index in [9.17, 15) is 13.2 Å². The molecular formula is C20H19NO4S. The molecule has 0 aliphatic heterocycles. The van der Waals surface area contributed by atoms with E-state index in [0.29, 0.717) is 11.3 Å². The minimum absolute atomic E-state index is 0.106. The number of nitrogens with zero attached hydrogens (tertiary/aromatic N) is 1. The maximum Gasteiger partial charge on any atom is 0.243 e. The van der Waals surface area contributed by atoms with Crippen LogP contribution in [0.1, 0.15) is 28.6 Å². The molecule has 134 valence electrons. The van der Waals surface area contributed by atoms with Crippen molar-refractivity contribution in [1.82, 2.24) is 4.31 Å². The second-order valence-electron chi connectivity index (χ2n) is 5.92. The average Bonchev–Trinajstić information content (AvgIpc) is 3.15. The van der Waals surface area contributed by atoms with Crippen LogP contribution >= 0.6 is 0 Å². The second-order valence-corrected chi connectivity index (χ2v) is 7.86. The Labute approximate surface area is 152 Å². The lowest BCUT2D eigenvalue weighted by Crippen LogP contribution is -2.30. The fourth-order valence-corrected chi connectivity index (χ4v) is 3.99. The number of hydrogen-bond donors (Lipinski definition) is 0. The molecule has 0 amide bonds. The molecule has 26 heavy (non-hydrogen) atoms. The van der Waals surface area contributed by atoms with Crippen LogP contribution in [0.3, 0.4) is 0 Å². The molecule has 0 aliphatic rings. The van der Waals surface area contributed by atoms with Gasteiger partial charge in [0.2, 0.25) is 10.0 Å². The molecule has 0 saturated heterocycles. The first-order chi connectivity index (χ1) is 12.5. The molecule has 0 aliphatic carbocycles. The van der Waals surface area contributed by atoms with Crippen LogP contribution < -0.4 is 0 Å². The SMILES string of the molecule is CC(=O)c1ccc(S(=O)(=O)N(Cc2ccccc2)Cc2ccco2)cc1. The van der Waals surface area contributed by atoms with Crippen molar-refractivity contribution in [2.24, 2.45) is 0 Å². The van der Waals surface area contributed by atoms with Gasteiger partial charge in [-0.25, -0.2) is 8.42 Å². The lowest BCUT2D eigenvalue weighted by atomic mass is 10.2. The van der Waals surface area contributed by atoms with Gasteiger partial charge in [-0.2, -0.15) is 4.31 Å². The number of furan rings is 1. The number of sulfonamides is 1. The zero-order valence-electron chi connectivity index (χ0n) is 14.3. The Morgan fingerprint density at radius 2 is 1.62 bits per heavy atom. The van der Waals surface area contributed by atoms with Crippen molar-refractivity contribution in [1.29, 1.82) is 0 Å². The molecule has 1 heterocycles. The largest absolute Gasteiger partial charge is 0.468 e. The number of carbonyl (C=O) groups excluding carboxylic acids is 1. The molecular weight excluding hydrogens is 350 g/mol. The number of ketones is 1. The third kappa shape index (κ3) is 4.09. The van der Waals surface area contributed by atoms with E-state index in [0.717, 1.165) is 5.56 Å². The normalized spacial score (nSPS) is 11.6. The monoisotopic (exact) mass is 369 g/mol. The molecule has 0 atom stereocenters. The summed E-state index contributed by atoms with van der Waals surface area (Å²) in [5.74, 6) is 0.454. The van der Waals surface area contributed by atoms with E-state index < -0.39 is 10.0 Å². The zero-order chi connectivity index (χ0) is 18.6. The van der Waals surface area contributed by atoms with Crippen molar-refractivity contribution in [3.63, 3.8) is 0 Å². The van der Waals surface area contributed by atoms with Crippen LogP contribution in [0.4, 0.5) is 0 Å². The molecule has 0 bridgehead atoms. The van der Waals surface area contributed by atoms with Crippen LogP contribution in [0.15, 0.2) is 82.3 Å². The topological polar surface area (TPSA) is 67.6 Å². The van der Waals surface area contributed by atoms with Gasteiger partial charge in [-0.3, -0.25) is 4.79 Å². The quantitative estimate of drug-likeness (QED) is 0.593. The predicted molar refractivity (Wildman–Crippen MR) is 98.0 cm³/mol. The number of benzene rings is 2. The first-order valence-electron chi connectivity index (χ1n) is 8.14. The molecule has 0 radical (unpaired) electrons. The summed E-state index contributed by atoms with van der Waals surface area (Å²) >= 11 is 0. The predicted octanol–water partition coefficient (Wildman–Crippen LogP) is 3.87. The molecule has 5 nitrogen and oxygen atoms in total. The Morgan fingerprint density at radius 3 is 2.19 bits per heavy atom. The Balaban J connectivity index is 1.94. The standard InChI is InChI=1S/C20H19NO4S/c1-16(22)18-9-11-20(12-10-18)26(23,24)21(15-19-8-5-13-25-19)14-17-6-3-2-4-7-17/h2-13H,14-15H2,1H3. The van der Waals surface area contributed by atoms with Crippen LogP contribution in [0.25, 0.3) is 0 Å². The van der Waals surface area contributed by atoms with Gasteiger partial charge in [-0.1, -0.05) is 42.5 Å². The molecule has 2 aromatic carbocycles. The van der Waals surface area contributed by atoms with Crippen molar-refractivity contribution >= 4 is 15.8 Å². The number of carbonyl (C=O) groups is 1. The Hall–Kier alpha value is -2.70. The van der Waals surface area contributed by atoms with Gasteiger partial charge < -0.3 is 4.42 Å². The van der Waals surface area contributed by atoms with Crippen molar-refractivity contribution < 1.29 is 17.6 Å². The summed E-state index contributed by atoms with van der Waals surface area (Å²) < 4.78 is 33.0. The fourth-order valence-electron chi connectivity index (χ4n) is 2.60. The highest BCUT2D eigenvalue weighted by molar-refractivity contribution is 7.89. The molecule has 3 aromatic rings. The summed E-state index contributed by atoms with van der Waals surface area (Å²) in [4.78, 5) is 11.6. The van der Waals surface area contributed by atoms with Crippen LogP contribution in [0.2, 0.25) is 0 Å². The van der Waals surface area contributed by atoms with Crippen LogP contribution in [0.5, 0.6) is 0 Å². The van der Waals surface area contributed by atoms with Gasteiger partial charge in [-0.15, -0.1) is 0 Å². The smallest absolute Gasteiger partial charge is 0.243 e. The summed E-state index contributed by atoms with van der Waals surface area (Å²) in [5.41, 5.74) is 1.35. The van der Waals surface area contributed by atoms with Gasteiger partial charge in [0.1, 0.15) is 5.76 Å². The molecule has 0 spiro atoms. The van der Waals surface area contributed by atoms with Crippen LogP contribution in [-0.4, -0.2) is 18.5 Å². The van der Waals surface area contributed by atoms with E-state index in [1.165, 1.54) is 41.8 Å². The molecule has 6 heteroatoms. The highest BCUT2D eigenvalue weighted by Crippen LogP contribution is 2.22. The van der Waals surface area contributed by atoms with E-state index in [1.54, 1.807) is 12.1 Å². The summed E-state index contributed by atoms with van der Waals surface area (Å²) in [6, 6.07) is 18.8. The summed E-state index contributed by atoms with van der Waals surface area (Å²) in [7, 11) is -3.76. The third-order valence-corrected chi connectivity index (χ3v) is 5.82. The van der Waals surface area contributed by atoms with E-state index >= 15 is 0 Å².